The van der Waals surface area contributed by atoms with Crippen molar-refractivity contribution in [1.29, 1.82) is 0 Å². The summed E-state index contributed by atoms with van der Waals surface area (Å²) in [6.07, 6.45) is 3.23. The lowest BCUT2D eigenvalue weighted by Crippen LogP contribution is -2.45. The predicted octanol–water partition coefficient (Wildman–Crippen LogP) is 1.02. The van der Waals surface area contributed by atoms with E-state index in [2.05, 4.69) is 44.8 Å². The Balaban J connectivity index is 1.52. The van der Waals surface area contributed by atoms with Crippen molar-refractivity contribution >= 4 is 16.0 Å². The van der Waals surface area contributed by atoms with Gasteiger partial charge in [-0.2, -0.15) is 0 Å². The Bertz CT molecular complexity index is 717. The van der Waals surface area contributed by atoms with Crippen molar-refractivity contribution in [1.82, 2.24) is 19.8 Å². The Kier molecular flexibility index (Phi) is 7.09. The van der Waals surface area contributed by atoms with Crippen LogP contribution in [0, 0.1) is 0 Å². The minimum atomic E-state index is -3.04. The second-order valence-corrected chi connectivity index (χ2v) is 9.21. The molecule has 8 heteroatoms. The minimum Gasteiger partial charge on any atom is -0.355 e. The molecule has 7 nitrogen and oxygen atoms in total. The highest BCUT2D eigenvalue weighted by molar-refractivity contribution is 7.89. The van der Waals surface area contributed by atoms with E-state index in [9.17, 15) is 8.42 Å². The third-order valence-corrected chi connectivity index (χ3v) is 7.27. The zero-order chi connectivity index (χ0) is 19.1. The molecule has 3 rings (SSSR count). The number of rotatable bonds is 7. The second-order valence-electron chi connectivity index (χ2n) is 7.12. The molecule has 0 aliphatic carbocycles. The van der Waals surface area contributed by atoms with Crippen LogP contribution in [0.5, 0.6) is 0 Å². The van der Waals surface area contributed by atoms with Crippen LogP contribution in [0.15, 0.2) is 35.3 Å². The molecule has 2 aliphatic rings. The molecule has 0 radical (unpaired) electrons. The van der Waals surface area contributed by atoms with Crippen LogP contribution < -0.4 is 10.6 Å². The molecular formula is C19H31N5O2S. The summed E-state index contributed by atoms with van der Waals surface area (Å²) in [6, 6.07) is 10.9. The number of sulfonamides is 1. The molecule has 0 aromatic heterocycles. The van der Waals surface area contributed by atoms with Crippen molar-refractivity contribution in [2.75, 3.05) is 52.1 Å². The number of likely N-dealkylation sites (tertiary alicyclic amines) is 1. The zero-order valence-electron chi connectivity index (χ0n) is 16.1. The highest BCUT2D eigenvalue weighted by atomic mass is 32.2. The van der Waals surface area contributed by atoms with Crippen molar-refractivity contribution in [3.8, 4) is 0 Å². The minimum absolute atomic E-state index is 0.272. The molecule has 1 unspecified atom stereocenters. The Hall–Kier alpha value is -1.64. The van der Waals surface area contributed by atoms with Gasteiger partial charge in [0.05, 0.1) is 11.8 Å². The molecule has 150 valence electrons. The molecule has 0 bridgehead atoms. The van der Waals surface area contributed by atoms with Crippen molar-refractivity contribution < 1.29 is 8.42 Å². The molecule has 0 amide bonds. The molecule has 2 heterocycles. The van der Waals surface area contributed by atoms with Gasteiger partial charge < -0.3 is 10.6 Å². The normalized spacial score (nSPS) is 22.0. The first-order valence-electron chi connectivity index (χ1n) is 9.81. The van der Waals surface area contributed by atoms with E-state index in [1.54, 1.807) is 11.4 Å². The van der Waals surface area contributed by atoms with E-state index in [0.717, 1.165) is 26.1 Å². The molecule has 2 N–H and O–H groups in total. The Morgan fingerprint density at radius 3 is 2.48 bits per heavy atom. The van der Waals surface area contributed by atoms with Gasteiger partial charge in [0.25, 0.3) is 0 Å². The fourth-order valence-electron chi connectivity index (χ4n) is 3.84. The number of hydrogen-bond donors (Lipinski definition) is 2. The van der Waals surface area contributed by atoms with Crippen molar-refractivity contribution in [3.63, 3.8) is 0 Å². The first-order valence-corrected chi connectivity index (χ1v) is 11.4. The smallest absolute Gasteiger partial charge is 0.214 e. The first-order chi connectivity index (χ1) is 13.1. The number of nitrogens with one attached hydrogen (secondary N) is 2. The molecule has 2 saturated heterocycles. The SMILES string of the molecule is CN=C(NCCN1CCCS1(=O)=O)NCC(c1ccccc1)N1CCCC1. The Morgan fingerprint density at radius 2 is 1.85 bits per heavy atom. The third kappa shape index (κ3) is 5.43. The number of aliphatic imine (C=N–C) groups is 1. The van der Waals surface area contributed by atoms with Crippen LogP contribution in [-0.4, -0.2) is 75.7 Å². The van der Waals surface area contributed by atoms with Crippen molar-refractivity contribution in [2.24, 2.45) is 4.99 Å². The number of nitrogens with zero attached hydrogens (tertiary/aromatic N) is 3. The van der Waals surface area contributed by atoms with E-state index in [-0.39, 0.29) is 5.75 Å². The average molecular weight is 394 g/mol. The van der Waals surface area contributed by atoms with Gasteiger partial charge in [0, 0.05) is 33.2 Å². The fraction of sp³-hybridized carbons (Fsp3) is 0.632. The van der Waals surface area contributed by atoms with E-state index in [1.165, 1.54) is 18.4 Å². The second kappa shape index (κ2) is 9.52. The summed E-state index contributed by atoms with van der Waals surface area (Å²) in [6.45, 7) is 4.68. The summed E-state index contributed by atoms with van der Waals surface area (Å²) in [5.41, 5.74) is 1.31. The van der Waals surface area contributed by atoms with Gasteiger partial charge in [-0.25, -0.2) is 12.7 Å². The number of benzene rings is 1. The van der Waals surface area contributed by atoms with Crippen LogP contribution >= 0.6 is 0 Å². The summed E-state index contributed by atoms with van der Waals surface area (Å²) < 4.78 is 25.3. The topological polar surface area (TPSA) is 77.0 Å². The van der Waals surface area contributed by atoms with Crippen LogP contribution in [0.4, 0.5) is 0 Å². The molecule has 27 heavy (non-hydrogen) atoms. The fourth-order valence-corrected chi connectivity index (χ4v) is 5.37. The van der Waals surface area contributed by atoms with Gasteiger partial charge in [-0.05, 0) is 37.9 Å². The maximum atomic E-state index is 11.9. The highest BCUT2D eigenvalue weighted by Crippen LogP contribution is 2.24. The van der Waals surface area contributed by atoms with E-state index in [4.69, 9.17) is 0 Å². The average Bonchev–Trinajstić information content (AvgIpc) is 3.31. The van der Waals surface area contributed by atoms with Gasteiger partial charge in [0.15, 0.2) is 5.96 Å². The van der Waals surface area contributed by atoms with Gasteiger partial charge in [-0.3, -0.25) is 9.89 Å². The van der Waals surface area contributed by atoms with Gasteiger partial charge in [0.1, 0.15) is 0 Å². The van der Waals surface area contributed by atoms with Crippen LogP contribution in [0.2, 0.25) is 0 Å². The molecule has 1 atom stereocenters. The molecule has 0 saturated carbocycles. The van der Waals surface area contributed by atoms with Crippen LogP contribution in [0.25, 0.3) is 0 Å². The maximum absolute atomic E-state index is 11.9. The highest BCUT2D eigenvalue weighted by Gasteiger charge is 2.27. The summed E-state index contributed by atoms with van der Waals surface area (Å²) in [5.74, 6) is 0.987. The largest absolute Gasteiger partial charge is 0.355 e. The molecule has 1 aromatic rings. The lowest BCUT2D eigenvalue weighted by atomic mass is 10.1. The Labute approximate surface area is 162 Å². The predicted molar refractivity (Wildman–Crippen MR) is 109 cm³/mol. The lowest BCUT2D eigenvalue weighted by molar-refractivity contribution is 0.245. The van der Waals surface area contributed by atoms with E-state index < -0.39 is 10.0 Å². The molecule has 2 aliphatic heterocycles. The first kappa shape index (κ1) is 20.1. The van der Waals surface area contributed by atoms with Crippen LogP contribution in [0.1, 0.15) is 30.9 Å². The summed E-state index contributed by atoms with van der Waals surface area (Å²) >= 11 is 0. The van der Waals surface area contributed by atoms with Gasteiger partial charge in [-0.1, -0.05) is 30.3 Å². The van der Waals surface area contributed by atoms with Crippen molar-refractivity contribution in [2.45, 2.75) is 25.3 Å². The molecule has 1 aromatic carbocycles. The standard InChI is InChI=1S/C19H31N5O2S/c1-20-19(21-10-14-24-13-7-15-27(24,25)26)22-16-18(23-11-5-6-12-23)17-8-3-2-4-9-17/h2-4,8-9,18H,5-7,10-16H2,1H3,(H2,20,21,22). The zero-order valence-corrected chi connectivity index (χ0v) is 16.9. The summed E-state index contributed by atoms with van der Waals surface area (Å²) in [4.78, 5) is 6.81. The molecule has 2 fully saturated rings. The van der Waals surface area contributed by atoms with Crippen LogP contribution in [0.3, 0.4) is 0 Å². The maximum Gasteiger partial charge on any atom is 0.214 e. The van der Waals surface area contributed by atoms with Gasteiger partial charge in [0.2, 0.25) is 10.0 Å². The molecular weight excluding hydrogens is 362 g/mol. The number of hydrogen-bond acceptors (Lipinski definition) is 4. The third-order valence-electron chi connectivity index (χ3n) is 5.31. The van der Waals surface area contributed by atoms with Gasteiger partial charge >= 0.3 is 0 Å². The lowest BCUT2D eigenvalue weighted by Gasteiger charge is -2.29. The molecule has 0 spiro atoms. The monoisotopic (exact) mass is 393 g/mol. The Morgan fingerprint density at radius 1 is 1.11 bits per heavy atom. The quantitative estimate of drug-likeness (QED) is 0.534. The van der Waals surface area contributed by atoms with Gasteiger partial charge in [-0.15, -0.1) is 0 Å². The van der Waals surface area contributed by atoms with E-state index in [0.29, 0.717) is 31.6 Å². The number of guanidine groups is 1. The van der Waals surface area contributed by atoms with E-state index in [1.807, 2.05) is 6.07 Å². The van der Waals surface area contributed by atoms with Crippen LogP contribution in [-0.2, 0) is 10.0 Å². The summed E-state index contributed by atoms with van der Waals surface area (Å²) in [5, 5.41) is 6.67. The van der Waals surface area contributed by atoms with Crippen molar-refractivity contribution in [3.05, 3.63) is 35.9 Å². The van der Waals surface area contributed by atoms with E-state index >= 15 is 0 Å². The summed E-state index contributed by atoms with van der Waals surface area (Å²) in [7, 11) is -1.29.